The highest BCUT2D eigenvalue weighted by Gasteiger charge is 2.59. The molecule has 24 N–H and O–H groups in total. The third-order valence-electron chi connectivity index (χ3n) is 19.3. The molecule has 39 nitrogen and oxygen atoms in total. The zero-order valence-corrected chi connectivity index (χ0v) is 57.4. The van der Waals surface area contributed by atoms with Crippen molar-refractivity contribution in [2.45, 2.75) is 267 Å². The highest BCUT2D eigenvalue weighted by atomic mass is 32.2. The zero-order chi connectivity index (χ0) is 73.8. The van der Waals surface area contributed by atoms with E-state index in [0.29, 0.717) is 30.1 Å². The molecular formula is C61H102N6O33S2. The number of nitrogens with one attached hydrogen (secondary N) is 3. The van der Waals surface area contributed by atoms with E-state index in [1.807, 2.05) is 0 Å². The molecule has 1 saturated carbocycles. The summed E-state index contributed by atoms with van der Waals surface area (Å²) in [7, 11) is 0. The van der Waals surface area contributed by atoms with Crippen LogP contribution in [0.1, 0.15) is 57.6 Å². The lowest BCUT2D eigenvalue weighted by Gasteiger charge is -2.50. The fourth-order valence-corrected chi connectivity index (χ4v) is 15.3. The van der Waals surface area contributed by atoms with Gasteiger partial charge >= 0.3 is 0 Å². The van der Waals surface area contributed by atoms with Gasteiger partial charge in [-0.3, -0.25) is 9.79 Å². The van der Waals surface area contributed by atoms with Gasteiger partial charge in [-0.05, 0) is 32.6 Å². The standard InChI is InChI=1S/C61H102N6O33S2/c1-23(62)6-4-2-3-5-7-33(63)65-8-10-101-20-31-54-41(80)47(86)60(93-31)95-49-24(15-68)12-26(35(74)36(49)75)88-50-27(16-69)89-58(43(82)37(50)76)99-55-32(21-102-11-9-66-34(73)13-25-14-64-22-67-25)94-61(48(87)42(55)81)98-53-30(19-72)91-57(45(84)39(53)78)96-51-28(17-70)90-56(44(83)38(51)77)97-52-29(18-71)92-59(100-54)46(85)40(52)79/h14,22,24,26-32,35-62,68-72,74-87H,2-13,15-21H2,1H3,(H2,63,65)(H,64,67)(H,66,73). The van der Waals surface area contributed by atoms with Crippen molar-refractivity contribution in [3.05, 3.63) is 18.2 Å². The number of hydrogen-bond acceptors (Lipinski definition) is 38. The molecule has 22 rings (SSSR count). The van der Waals surface area contributed by atoms with E-state index in [1.165, 1.54) is 24.3 Å². The molecule has 0 aromatic carbocycles. The van der Waals surface area contributed by atoms with Crippen LogP contribution in [0.2, 0.25) is 0 Å². The molecule has 1 aromatic rings. The average Bonchev–Trinajstić information content (AvgIpc) is 1.00. The molecule has 1 amide bonds. The number of aromatic nitrogens is 2. The summed E-state index contributed by atoms with van der Waals surface area (Å²) in [6.07, 6.45) is -58.4. The van der Waals surface area contributed by atoms with Crippen molar-refractivity contribution in [3.8, 4) is 0 Å². The number of nitrogens with two attached hydrogens (primary N) is 1. The highest BCUT2D eigenvalue weighted by molar-refractivity contribution is 7.99. The molecule has 20 saturated heterocycles. The van der Waals surface area contributed by atoms with Crippen molar-refractivity contribution in [1.29, 1.82) is 5.41 Å². The van der Waals surface area contributed by atoms with Crippen molar-refractivity contribution in [3.63, 3.8) is 0 Å². The fraction of sp³-hybridized carbons (Fsp3) is 0.902. The first-order chi connectivity index (χ1) is 48.8. The Morgan fingerprint density at radius 1 is 0.490 bits per heavy atom. The first-order valence-electron chi connectivity index (χ1n) is 34.1. The fourth-order valence-electron chi connectivity index (χ4n) is 13.5. The van der Waals surface area contributed by atoms with Crippen LogP contribution in [-0.4, -0.2) is 402 Å². The second-order valence-electron chi connectivity index (χ2n) is 26.6. The summed E-state index contributed by atoms with van der Waals surface area (Å²) in [6, 6.07) is 0. The number of aliphatic imine (C=N–C) groups is 1. The molecule has 21 heterocycles. The van der Waals surface area contributed by atoms with E-state index >= 15 is 0 Å². The Hall–Kier alpha value is -2.76. The topological polar surface area (TPSA) is 624 Å². The van der Waals surface area contributed by atoms with Gasteiger partial charge in [-0.25, -0.2) is 4.98 Å². The predicted octanol–water partition coefficient (Wildman–Crippen LogP) is -10.3. The first-order valence-corrected chi connectivity index (χ1v) is 36.4. The van der Waals surface area contributed by atoms with Crippen LogP contribution in [0, 0.1) is 11.3 Å². The number of carbonyl (C=O) groups is 1. The van der Waals surface area contributed by atoms with Crippen LogP contribution in [0.25, 0.3) is 0 Å². The zero-order valence-electron chi connectivity index (χ0n) is 55.8. The van der Waals surface area contributed by atoms with Crippen molar-refractivity contribution in [2.24, 2.45) is 16.6 Å². The molecule has 20 aliphatic heterocycles. The number of ether oxygens (including phenoxy) is 13. The number of imidazole rings is 1. The van der Waals surface area contributed by atoms with Crippen LogP contribution in [0.5, 0.6) is 0 Å². The number of hydrogen-bond donors (Lipinski definition) is 23. The van der Waals surface area contributed by atoms with Crippen LogP contribution in [-0.2, 0) is 72.8 Å². The number of aliphatic hydroxyl groups is 19. The summed E-state index contributed by atoms with van der Waals surface area (Å²) in [5.41, 5.74) is 7.36. The maximum absolute atomic E-state index is 12.7. The van der Waals surface area contributed by atoms with Crippen molar-refractivity contribution < 1.29 is 163 Å². The third-order valence-corrected chi connectivity index (χ3v) is 21.4. The van der Waals surface area contributed by atoms with Gasteiger partial charge in [0.2, 0.25) is 5.91 Å². The number of amides is 1. The molecule has 586 valence electrons. The summed E-state index contributed by atoms with van der Waals surface area (Å²) in [5.74, 6) is -1.04. The van der Waals surface area contributed by atoms with Gasteiger partial charge in [0.15, 0.2) is 37.7 Å². The van der Waals surface area contributed by atoms with Crippen LogP contribution in [0.3, 0.4) is 0 Å². The van der Waals surface area contributed by atoms with E-state index in [0.717, 1.165) is 37.4 Å². The molecule has 14 bridgehead atoms. The molecule has 41 heteroatoms. The Kier molecular flexibility index (Phi) is 31.9. The molecule has 21 fully saturated rings. The first kappa shape index (κ1) is 83.3. The van der Waals surface area contributed by atoms with E-state index < -0.39 is 254 Å². The molecular weight excluding hydrogens is 1410 g/mol. The molecule has 21 aliphatic rings. The van der Waals surface area contributed by atoms with Gasteiger partial charge in [0.1, 0.15) is 146 Å². The Balaban J connectivity index is 0.981. The predicted molar refractivity (Wildman–Crippen MR) is 345 cm³/mol. The summed E-state index contributed by atoms with van der Waals surface area (Å²) >= 11 is 2.31. The van der Waals surface area contributed by atoms with Gasteiger partial charge in [-0.15, -0.1) is 0 Å². The second kappa shape index (κ2) is 39.0. The maximum atomic E-state index is 12.7. The number of H-pyrrole nitrogens is 1. The number of aromatic amines is 1. The summed E-state index contributed by atoms with van der Waals surface area (Å²) in [4.78, 5) is 23.8. The largest absolute Gasteiger partial charge is 0.396 e. The minimum atomic E-state index is -2.21. The maximum Gasteiger partial charge on any atom is 0.226 e. The lowest BCUT2D eigenvalue weighted by molar-refractivity contribution is -0.395. The van der Waals surface area contributed by atoms with E-state index in [2.05, 4.69) is 20.3 Å². The molecule has 1 aromatic heterocycles. The van der Waals surface area contributed by atoms with Crippen LogP contribution in [0.15, 0.2) is 17.5 Å². The summed E-state index contributed by atoms with van der Waals surface area (Å²) < 4.78 is 78.3. The summed E-state index contributed by atoms with van der Waals surface area (Å²) in [5, 5.41) is 229. The van der Waals surface area contributed by atoms with Gasteiger partial charge in [-0.1, -0.05) is 12.8 Å². The van der Waals surface area contributed by atoms with Crippen LogP contribution >= 0.6 is 23.5 Å². The van der Waals surface area contributed by atoms with Crippen LogP contribution in [0.4, 0.5) is 0 Å². The Morgan fingerprint density at radius 3 is 1.24 bits per heavy atom. The van der Waals surface area contributed by atoms with E-state index in [-0.39, 0.29) is 48.4 Å². The third kappa shape index (κ3) is 20.2. The molecule has 35 atom stereocenters. The lowest BCUT2D eigenvalue weighted by Crippen LogP contribution is -2.68. The number of aliphatic hydroxyl groups excluding tert-OH is 19. The minimum Gasteiger partial charge on any atom is -0.396 e. The number of unbranched alkanes of at least 4 members (excludes halogenated alkanes) is 3. The van der Waals surface area contributed by atoms with Crippen molar-refractivity contribution >= 4 is 41.0 Å². The normalized spacial score (nSPS) is 44.8. The van der Waals surface area contributed by atoms with Gasteiger partial charge < -0.3 is 180 Å². The Bertz CT molecular complexity index is 2710. The summed E-state index contributed by atoms with van der Waals surface area (Å²) in [6.45, 7) is -2.87. The monoisotopic (exact) mass is 1510 g/mol. The number of thioether (sulfide) groups is 2. The number of amidine groups is 1. The Morgan fingerprint density at radius 2 is 0.853 bits per heavy atom. The van der Waals surface area contributed by atoms with Gasteiger partial charge in [0.05, 0.1) is 69.4 Å². The number of nitrogens with zero attached hydrogens (tertiary/aromatic N) is 2. The quantitative estimate of drug-likeness (QED) is 0.0260. The van der Waals surface area contributed by atoms with Gasteiger partial charge in [0.25, 0.3) is 0 Å². The van der Waals surface area contributed by atoms with Crippen LogP contribution < -0.4 is 11.1 Å². The highest BCUT2D eigenvalue weighted by Crippen LogP contribution is 2.41. The molecule has 0 radical (unpaired) electrons. The molecule has 35 unspecified atom stereocenters. The van der Waals surface area contributed by atoms with E-state index in [1.54, 1.807) is 6.92 Å². The number of rotatable bonds is 24. The molecule has 1 aliphatic carbocycles. The van der Waals surface area contributed by atoms with Crippen molar-refractivity contribution in [2.75, 3.05) is 69.1 Å². The van der Waals surface area contributed by atoms with Crippen molar-refractivity contribution in [1.82, 2.24) is 15.3 Å². The van der Waals surface area contributed by atoms with Gasteiger partial charge in [0, 0.05) is 72.6 Å². The smallest absolute Gasteiger partial charge is 0.226 e. The SMILES string of the molecule is CC(=N)CCCCCCC(N)=NCCSCC1OC2OC3C(CO)CC(OC4C(CO)OC(OC5C(CSCCNC(=O)Cc6cnc[nH]6)OC(OC6C(CO)OC(OC7C(CO)OC(OC8C(CO)OC(OC1C(O)C2O)C(O)C8O)C(O)C7O)C(O)C6O)C(O)C5O)C(O)C4O)C(O)C3O. The lowest BCUT2D eigenvalue weighted by atomic mass is 9.80. The van der Waals surface area contributed by atoms with Gasteiger partial charge in [-0.2, -0.15) is 23.5 Å². The number of carbonyl (C=O) groups excluding carboxylic acids is 1. The second-order valence-corrected chi connectivity index (χ2v) is 28.9. The minimum absolute atomic E-state index is 0.0271. The van der Waals surface area contributed by atoms with E-state index in [9.17, 15) is 102 Å². The average molecular weight is 1510 g/mol. The molecule has 102 heavy (non-hydrogen) atoms. The Labute approximate surface area is 593 Å². The van der Waals surface area contributed by atoms with E-state index in [4.69, 9.17) is 72.7 Å². The molecule has 0 spiro atoms.